The number of fused-ring (bicyclic) bond motifs is 1. The predicted molar refractivity (Wildman–Crippen MR) is 84.1 cm³/mol. The number of carbonyl (C=O) groups is 3. The highest BCUT2D eigenvalue weighted by Crippen LogP contribution is 2.63. The van der Waals surface area contributed by atoms with Crippen molar-refractivity contribution in [1.29, 1.82) is 0 Å². The van der Waals surface area contributed by atoms with Gasteiger partial charge in [-0.05, 0) is 40.0 Å². The summed E-state index contributed by atoms with van der Waals surface area (Å²) in [6.45, 7) is 6.05. The lowest BCUT2D eigenvalue weighted by atomic mass is 9.73. The van der Waals surface area contributed by atoms with Crippen LogP contribution in [0.2, 0.25) is 0 Å². The van der Waals surface area contributed by atoms with Gasteiger partial charge < -0.3 is 14.2 Å². The fourth-order valence-electron chi connectivity index (χ4n) is 4.19. The average molecular weight is 392 g/mol. The van der Waals surface area contributed by atoms with Gasteiger partial charge in [0.05, 0.1) is 5.41 Å². The van der Waals surface area contributed by atoms with Crippen LogP contribution in [0.1, 0.15) is 47.0 Å². The van der Waals surface area contributed by atoms with Gasteiger partial charge in [-0.1, -0.05) is 6.92 Å². The summed E-state index contributed by atoms with van der Waals surface area (Å²) in [6, 6.07) is 0. The van der Waals surface area contributed by atoms with Crippen molar-refractivity contribution in [3.8, 4) is 0 Å². The third kappa shape index (κ3) is 2.89. The fourth-order valence-corrected chi connectivity index (χ4v) is 4.19. The number of hydrogen-bond donors (Lipinski definition) is 0. The number of halogens is 3. The van der Waals surface area contributed by atoms with Gasteiger partial charge in [0.15, 0.2) is 11.5 Å². The number of rotatable bonds is 5. The second-order valence-electron chi connectivity index (χ2n) is 8.34. The first kappa shape index (κ1) is 19.9. The van der Waals surface area contributed by atoms with E-state index in [1.165, 1.54) is 0 Å². The first-order chi connectivity index (χ1) is 12.3. The summed E-state index contributed by atoms with van der Waals surface area (Å²) in [5.74, 6) is -3.47. The molecule has 27 heavy (non-hydrogen) atoms. The van der Waals surface area contributed by atoms with Crippen LogP contribution in [0.5, 0.6) is 0 Å². The van der Waals surface area contributed by atoms with E-state index in [1.807, 2.05) is 6.92 Å². The molecule has 152 valence electrons. The highest BCUT2D eigenvalue weighted by molar-refractivity contribution is 6.03. The molecule has 6 nitrogen and oxygen atoms in total. The van der Waals surface area contributed by atoms with Crippen LogP contribution < -0.4 is 0 Å². The third-order valence-electron chi connectivity index (χ3n) is 6.35. The SMILES string of the molecule is CCC(C)(C)C(=O)OC1C2CC3C1OC(=O)C3(C(=O)OC(C)C(F)(F)F)C2. The van der Waals surface area contributed by atoms with Gasteiger partial charge in [-0.15, -0.1) is 0 Å². The zero-order valence-electron chi connectivity index (χ0n) is 15.6. The standard InChI is InChI=1S/C18H23F3O6/c1-5-16(3,4)13(22)26-11-9-6-10-12(11)27-15(24)17(10,7-9)14(23)25-8(2)18(19,20)21/h8-12H,5-7H2,1-4H3. The Hall–Kier alpha value is -1.80. The Balaban J connectivity index is 1.77. The molecule has 1 heterocycles. The minimum absolute atomic E-state index is 0.0269. The lowest BCUT2D eigenvalue weighted by Gasteiger charge is -2.33. The van der Waals surface area contributed by atoms with Crippen LogP contribution in [-0.2, 0) is 28.6 Å². The molecule has 6 unspecified atom stereocenters. The third-order valence-corrected chi connectivity index (χ3v) is 6.35. The predicted octanol–water partition coefficient (Wildman–Crippen LogP) is 2.78. The van der Waals surface area contributed by atoms with E-state index in [2.05, 4.69) is 4.74 Å². The molecule has 0 amide bonds. The van der Waals surface area contributed by atoms with Crippen molar-refractivity contribution in [1.82, 2.24) is 0 Å². The van der Waals surface area contributed by atoms with Crippen LogP contribution in [0, 0.1) is 22.7 Å². The maximum atomic E-state index is 12.7. The molecule has 3 aliphatic rings. The lowest BCUT2D eigenvalue weighted by molar-refractivity contribution is -0.222. The van der Waals surface area contributed by atoms with Gasteiger partial charge in [-0.3, -0.25) is 14.4 Å². The second-order valence-corrected chi connectivity index (χ2v) is 8.34. The molecular formula is C18H23F3O6. The minimum atomic E-state index is -4.71. The van der Waals surface area contributed by atoms with Gasteiger partial charge in [-0.25, -0.2) is 0 Å². The Labute approximate surface area is 154 Å². The van der Waals surface area contributed by atoms with Gasteiger partial charge >= 0.3 is 24.1 Å². The Morgan fingerprint density at radius 1 is 1.33 bits per heavy atom. The molecule has 1 saturated heterocycles. The molecule has 2 bridgehead atoms. The fraction of sp³-hybridized carbons (Fsp3) is 0.833. The first-order valence-electron chi connectivity index (χ1n) is 9.04. The van der Waals surface area contributed by atoms with Gasteiger partial charge in [0.2, 0.25) is 0 Å². The van der Waals surface area contributed by atoms with Crippen LogP contribution in [0.4, 0.5) is 13.2 Å². The van der Waals surface area contributed by atoms with Crippen LogP contribution in [0.3, 0.4) is 0 Å². The lowest BCUT2D eigenvalue weighted by Crippen LogP contribution is -2.48. The van der Waals surface area contributed by atoms with Crippen LogP contribution in [0.25, 0.3) is 0 Å². The molecule has 0 N–H and O–H groups in total. The molecular weight excluding hydrogens is 369 g/mol. The van der Waals surface area contributed by atoms with Crippen molar-refractivity contribution in [3.63, 3.8) is 0 Å². The first-order valence-corrected chi connectivity index (χ1v) is 9.04. The Bertz CT molecular complexity index is 672. The van der Waals surface area contributed by atoms with Crippen molar-refractivity contribution in [3.05, 3.63) is 0 Å². The highest BCUT2D eigenvalue weighted by Gasteiger charge is 2.75. The summed E-state index contributed by atoms with van der Waals surface area (Å²) < 4.78 is 53.6. The van der Waals surface area contributed by atoms with Gasteiger partial charge in [0, 0.05) is 11.8 Å². The van der Waals surface area contributed by atoms with E-state index in [9.17, 15) is 27.6 Å². The number of esters is 3. The molecule has 1 aliphatic heterocycles. The second kappa shape index (κ2) is 6.10. The number of carbonyl (C=O) groups excluding carboxylic acids is 3. The molecule has 9 heteroatoms. The zero-order chi connectivity index (χ0) is 20.4. The van der Waals surface area contributed by atoms with Crippen molar-refractivity contribution >= 4 is 17.9 Å². The van der Waals surface area contributed by atoms with Gasteiger partial charge in [0.1, 0.15) is 12.2 Å². The molecule has 0 aromatic rings. The van der Waals surface area contributed by atoms with Crippen molar-refractivity contribution in [2.24, 2.45) is 22.7 Å². The topological polar surface area (TPSA) is 78.9 Å². The summed E-state index contributed by atoms with van der Waals surface area (Å²) in [7, 11) is 0. The number of hydrogen-bond acceptors (Lipinski definition) is 6. The molecule has 3 fully saturated rings. The highest BCUT2D eigenvalue weighted by atomic mass is 19.4. The normalized spacial score (nSPS) is 35.7. The quantitative estimate of drug-likeness (QED) is 0.407. The maximum absolute atomic E-state index is 12.7. The van der Waals surface area contributed by atoms with Crippen molar-refractivity contribution < 1.29 is 41.8 Å². The molecule has 6 atom stereocenters. The number of ether oxygens (including phenoxy) is 3. The van der Waals surface area contributed by atoms with Crippen LogP contribution in [-0.4, -0.2) is 42.4 Å². The van der Waals surface area contributed by atoms with E-state index in [1.54, 1.807) is 13.8 Å². The van der Waals surface area contributed by atoms with E-state index in [4.69, 9.17) is 9.47 Å². The minimum Gasteiger partial charge on any atom is -0.458 e. The van der Waals surface area contributed by atoms with Crippen LogP contribution >= 0.6 is 0 Å². The molecule has 0 spiro atoms. The van der Waals surface area contributed by atoms with E-state index >= 15 is 0 Å². The largest absolute Gasteiger partial charge is 0.458 e. The number of alkyl halides is 3. The van der Waals surface area contributed by atoms with E-state index in [-0.39, 0.29) is 12.3 Å². The molecule has 0 aromatic carbocycles. The smallest absolute Gasteiger partial charge is 0.425 e. The monoisotopic (exact) mass is 392 g/mol. The summed E-state index contributed by atoms with van der Waals surface area (Å²) in [6.07, 6.45) is -7.62. The Morgan fingerprint density at radius 3 is 2.52 bits per heavy atom. The molecule has 0 radical (unpaired) electrons. The molecule has 0 aromatic heterocycles. The summed E-state index contributed by atoms with van der Waals surface area (Å²) in [5.41, 5.74) is -2.43. The summed E-state index contributed by atoms with van der Waals surface area (Å²) in [4.78, 5) is 37.3. The van der Waals surface area contributed by atoms with E-state index in [0.717, 1.165) is 6.92 Å². The summed E-state index contributed by atoms with van der Waals surface area (Å²) in [5, 5.41) is 0. The Kier molecular flexibility index (Phi) is 4.51. The van der Waals surface area contributed by atoms with E-state index in [0.29, 0.717) is 12.8 Å². The Morgan fingerprint density at radius 2 is 1.96 bits per heavy atom. The maximum Gasteiger partial charge on any atom is 0.425 e. The van der Waals surface area contributed by atoms with Gasteiger partial charge in [-0.2, -0.15) is 13.2 Å². The summed E-state index contributed by atoms with van der Waals surface area (Å²) >= 11 is 0. The molecule has 3 rings (SSSR count). The van der Waals surface area contributed by atoms with Crippen molar-refractivity contribution in [2.45, 2.75) is 71.4 Å². The van der Waals surface area contributed by atoms with Crippen LogP contribution in [0.15, 0.2) is 0 Å². The molecule has 2 saturated carbocycles. The molecule has 2 aliphatic carbocycles. The van der Waals surface area contributed by atoms with E-state index < -0.39 is 59.1 Å². The zero-order valence-corrected chi connectivity index (χ0v) is 15.6. The van der Waals surface area contributed by atoms with Gasteiger partial charge in [0.25, 0.3) is 0 Å². The average Bonchev–Trinajstić information content (AvgIpc) is 3.16. The van der Waals surface area contributed by atoms with Crippen molar-refractivity contribution in [2.75, 3.05) is 0 Å².